The van der Waals surface area contributed by atoms with Crippen LogP contribution in [0.4, 0.5) is 0 Å². The Morgan fingerprint density at radius 1 is 1.41 bits per heavy atom. The number of nitrogens with zero attached hydrogens (tertiary/aromatic N) is 1. The predicted molar refractivity (Wildman–Crippen MR) is 69.3 cm³/mol. The van der Waals surface area contributed by atoms with Gasteiger partial charge in [0.15, 0.2) is 0 Å². The molecule has 0 aliphatic carbocycles. The fourth-order valence-corrected chi connectivity index (χ4v) is 2.08. The highest BCUT2D eigenvalue weighted by molar-refractivity contribution is 5.97. The summed E-state index contributed by atoms with van der Waals surface area (Å²) in [5.74, 6) is 0.0989. The van der Waals surface area contributed by atoms with Gasteiger partial charge < -0.3 is 10.6 Å². The number of carbonyl (C=O) groups excluding carboxylic acids is 1. The molecular formula is C14H18N2O. The summed E-state index contributed by atoms with van der Waals surface area (Å²) in [4.78, 5) is 13.9. The molecule has 3 nitrogen and oxygen atoms in total. The molecule has 1 aliphatic heterocycles. The molecule has 1 aromatic rings. The van der Waals surface area contributed by atoms with E-state index >= 15 is 0 Å². The zero-order valence-corrected chi connectivity index (χ0v) is 10.1. The van der Waals surface area contributed by atoms with E-state index in [0.717, 1.165) is 24.1 Å². The largest absolute Gasteiger partial charge is 0.337 e. The average Bonchev–Trinajstić information content (AvgIpc) is 2.76. The summed E-state index contributed by atoms with van der Waals surface area (Å²) in [5.41, 5.74) is 7.63. The molecule has 1 atom stereocenters. The van der Waals surface area contributed by atoms with Crippen molar-refractivity contribution >= 4 is 12.0 Å². The number of nitrogens with two attached hydrogens (primary N) is 1. The Morgan fingerprint density at radius 3 is 2.71 bits per heavy atom. The van der Waals surface area contributed by atoms with Crippen molar-refractivity contribution in [3.63, 3.8) is 0 Å². The van der Waals surface area contributed by atoms with Gasteiger partial charge in [0.25, 0.3) is 0 Å². The Bertz CT molecular complexity index is 425. The minimum atomic E-state index is 0.0989. The number of hydrogen-bond acceptors (Lipinski definition) is 2. The van der Waals surface area contributed by atoms with Crippen LogP contribution >= 0.6 is 0 Å². The molecule has 1 aliphatic rings. The molecule has 1 amide bonds. The zero-order chi connectivity index (χ0) is 12.3. The molecule has 0 spiro atoms. The second-order valence-corrected chi connectivity index (χ2v) is 4.54. The van der Waals surface area contributed by atoms with Gasteiger partial charge in [-0.1, -0.05) is 30.3 Å². The molecule has 0 unspecified atom stereocenters. The van der Waals surface area contributed by atoms with E-state index in [0.29, 0.717) is 6.54 Å². The standard InChI is InChI=1S/C14H18N2O/c1-11(9-12-5-3-2-4-6-12)14(17)16-8-7-13(15)10-16/h2-6,9,13H,7-8,10,15H2,1H3/b11-9-/t13-/m1/s1. The molecule has 2 rings (SSSR count). The molecule has 1 saturated heterocycles. The molecule has 3 heteroatoms. The maximum absolute atomic E-state index is 12.1. The lowest BCUT2D eigenvalue weighted by atomic mass is 10.1. The van der Waals surface area contributed by atoms with E-state index in [1.54, 1.807) is 0 Å². The molecule has 0 bridgehead atoms. The summed E-state index contributed by atoms with van der Waals surface area (Å²) in [5, 5.41) is 0. The number of rotatable bonds is 2. The van der Waals surface area contributed by atoms with Gasteiger partial charge in [0, 0.05) is 24.7 Å². The first-order chi connectivity index (χ1) is 8.16. The van der Waals surface area contributed by atoms with Gasteiger partial charge in [0.05, 0.1) is 0 Å². The van der Waals surface area contributed by atoms with Crippen LogP contribution in [-0.4, -0.2) is 29.9 Å². The molecule has 0 saturated carbocycles. The summed E-state index contributed by atoms with van der Waals surface area (Å²) in [6.07, 6.45) is 2.83. The average molecular weight is 230 g/mol. The van der Waals surface area contributed by atoms with Crippen LogP contribution in [0.25, 0.3) is 6.08 Å². The second kappa shape index (κ2) is 5.15. The van der Waals surface area contributed by atoms with Crippen LogP contribution in [0.3, 0.4) is 0 Å². The van der Waals surface area contributed by atoms with Crippen molar-refractivity contribution in [3.8, 4) is 0 Å². The fourth-order valence-electron chi connectivity index (χ4n) is 2.08. The topological polar surface area (TPSA) is 46.3 Å². The summed E-state index contributed by atoms with van der Waals surface area (Å²) < 4.78 is 0. The molecule has 1 fully saturated rings. The molecule has 2 N–H and O–H groups in total. The van der Waals surface area contributed by atoms with Gasteiger partial charge in [-0.3, -0.25) is 4.79 Å². The van der Waals surface area contributed by atoms with Gasteiger partial charge >= 0.3 is 0 Å². The highest BCUT2D eigenvalue weighted by Gasteiger charge is 2.24. The monoisotopic (exact) mass is 230 g/mol. The van der Waals surface area contributed by atoms with Crippen LogP contribution in [0.5, 0.6) is 0 Å². The molecule has 90 valence electrons. The first-order valence-electron chi connectivity index (χ1n) is 5.95. The van der Waals surface area contributed by atoms with Crippen LogP contribution < -0.4 is 5.73 Å². The number of carbonyl (C=O) groups is 1. The first-order valence-corrected chi connectivity index (χ1v) is 5.95. The lowest BCUT2D eigenvalue weighted by molar-refractivity contribution is -0.126. The third kappa shape index (κ3) is 2.94. The normalized spacial score (nSPS) is 20.7. The predicted octanol–water partition coefficient (Wildman–Crippen LogP) is 1.65. The van der Waals surface area contributed by atoms with Crippen LogP contribution in [0.2, 0.25) is 0 Å². The number of likely N-dealkylation sites (tertiary alicyclic amines) is 1. The summed E-state index contributed by atoms with van der Waals surface area (Å²) in [7, 11) is 0. The molecule has 1 aromatic carbocycles. The maximum Gasteiger partial charge on any atom is 0.249 e. The summed E-state index contributed by atoms with van der Waals surface area (Å²) in [6, 6.07) is 10.0. The van der Waals surface area contributed by atoms with Crippen molar-refractivity contribution in [1.29, 1.82) is 0 Å². The van der Waals surface area contributed by atoms with E-state index in [2.05, 4.69) is 0 Å². The van der Waals surface area contributed by atoms with Crippen molar-refractivity contribution in [2.24, 2.45) is 5.73 Å². The van der Waals surface area contributed by atoms with Gasteiger partial charge in [-0.15, -0.1) is 0 Å². The Kier molecular flexibility index (Phi) is 3.59. The summed E-state index contributed by atoms with van der Waals surface area (Å²) in [6.45, 7) is 3.32. The Morgan fingerprint density at radius 2 is 2.12 bits per heavy atom. The van der Waals surface area contributed by atoms with Crippen LogP contribution in [0, 0.1) is 0 Å². The Labute approximate surface area is 102 Å². The molecular weight excluding hydrogens is 212 g/mol. The minimum Gasteiger partial charge on any atom is -0.337 e. The lowest BCUT2D eigenvalue weighted by Gasteiger charge is -2.15. The van der Waals surface area contributed by atoms with E-state index in [1.165, 1.54) is 0 Å². The first kappa shape index (κ1) is 11.9. The van der Waals surface area contributed by atoms with E-state index < -0.39 is 0 Å². The second-order valence-electron chi connectivity index (χ2n) is 4.54. The SMILES string of the molecule is C/C(=C/c1ccccc1)C(=O)N1CC[C@@H](N)C1. The van der Waals surface area contributed by atoms with E-state index in [1.807, 2.05) is 48.2 Å². The van der Waals surface area contributed by atoms with Crippen molar-refractivity contribution in [3.05, 3.63) is 41.5 Å². The zero-order valence-electron chi connectivity index (χ0n) is 10.1. The molecule has 0 radical (unpaired) electrons. The minimum absolute atomic E-state index is 0.0989. The van der Waals surface area contributed by atoms with Crippen LogP contribution in [-0.2, 0) is 4.79 Å². The van der Waals surface area contributed by atoms with Crippen molar-refractivity contribution in [1.82, 2.24) is 4.90 Å². The molecule has 17 heavy (non-hydrogen) atoms. The smallest absolute Gasteiger partial charge is 0.249 e. The third-order valence-corrected chi connectivity index (χ3v) is 3.03. The highest BCUT2D eigenvalue weighted by atomic mass is 16.2. The van der Waals surface area contributed by atoms with Gasteiger partial charge in [0.1, 0.15) is 0 Å². The Hall–Kier alpha value is -1.61. The maximum atomic E-state index is 12.1. The van der Waals surface area contributed by atoms with E-state index in [-0.39, 0.29) is 11.9 Å². The molecule has 0 aromatic heterocycles. The van der Waals surface area contributed by atoms with E-state index in [4.69, 9.17) is 5.73 Å². The van der Waals surface area contributed by atoms with Gasteiger partial charge in [-0.2, -0.15) is 0 Å². The van der Waals surface area contributed by atoms with Crippen LogP contribution in [0.15, 0.2) is 35.9 Å². The van der Waals surface area contributed by atoms with Gasteiger partial charge in [-0.25, -0.2) is 0 Å². The lowest BCUT2D eigenvalue weighted by Crippen LogP contribution is -2.32. The highest BCUT2D eigenvalue weighted by Crippen LogP contribution is 2.13. The number of hydrogen-bond donors (Lipinski definition) is 1. The number of benzene rings is 1. The third-order valence-electron chi connectivity index (χ3n) is 3.03. The summed E-state index contributed by atoms with van der Waals surface area (Å²) >= 11 is 0. The number of amides is 1. The van der Waals surface area contributed by atoms with Crippen molar-refractivity contribution < 1.29 is 4.79 Å². The fraction of sp³-hybridized carbons (Fsp3) is 0.357. The van der Waals surface area contributed by atoms with Gasteiger partial charge in [0.2, 0.25) is 5.91 Å². The Balaban J connectivity index is 2.07. The van der Waals surface area contributed by atoms with Crippen molar-refractivity contribution in [2.45, 2.75) is 19.4 Å². The van der Waals surface area contributed by atoms with Gasteiger partial charge in [-0.05, 0) is 25.0 Å². The van der Waals surface area contributed by atoms with E-state index in [9.17, 15) is 4.79 Å². The molecule has 1 heterocycles. The van der Waals surface area contributed by atoms with Crippen LogP contribution in [0.1, 0.15) is 18.9 Å². The quantitative estimate of drug-likeness (QED) is 0.785. The van der Waals surface area contributed by atoms with Crippen molar-refractivity contribution in [2.75, 3.05) is 13.1 Å².